The van der Waals surface area contributed by atoms with E-state index >= 15 is 0 Å². The SMILES string of the molecule is CCCC(C)[NH+]([O-])N[NH+]([O-])C(C)C. The Morgan fingerprint density at radius 2 is 1.69 bits per heavy atom. The first kappa shape index (κ1) is 12.8. The van der Waals surface area contributed by atoms with Crippen LogP contribution in [0.15, 0.2) is 0 Å². The van der Waals surface area contributed by atoms with Crippen molar-refractivity contribution in [3.63, 3.8) is 0 Å². The molecule has 0 bridgehead atoms. The van der Waals surface area contributed by atoms with Gasteiger partial charge in [0.1, 0.15) is 12.1 Å². The summed E-state index contributed by atoms with van der Waals surface area (Å²) in [7, 11) is 0. The monoisotopic (exact) mass is 191 g/mol. The Bertz CT molecular complexity index is 133. The van der Waals surface area contributed by atoms with Crippen molar-refractivity contribution < 1.29 is 10.3 Å². The lowest BCUT2D eigenvalue weighted by atomic mass is 10.2. The normalized spacial score (nSPS) is 18.7. The Labute approximate surface area is 79.8 Å². The van der Waals surface area contributed by atoms with Crippen molar-refractivity contribution in [1.29, 1.82) is 0 Å². The molecule has 3 unspecified atom stereocenters. The molecule has 0 heterocycles. The van der Waals surface area contributed by atoms with E-state index in [0.29, 0.717) is 0 Å². The summed E-state index contributed by atoms with van der Waals surface area (Å²) in [5.41, 5.74) is 2.39. The molecular formula is C8H21N3O2. The molecular weight excluding hydrogens is 170 g/mol. The predicted molar refractivity (Wildman–Crippen MR) is 51.3 cm³/mol. The summed E-state index contributed by atoms with van der Waals surface area (Å²) in [5.74, 6) is 0. The average molecular weight is 191 g/mol. The van der Waals surface area contributed by atoms with Gasteiger partial charge in [0, 0.05) is 6.42 Å². The van der Waals surface area contributed by atoms with E-state index in [1.165, 1.54) is 0 Å². The van der Waals surface area contributed by atoms with Crippen LogP contribution >= 0.6 is 0 Å². The van der Waals surface area contributed by atoms with Gasteiger partial charge in [-0.1, -0.05) is 13.3 Å². The molecule has 0 aliphatic carbocycles. The van der Waals surface area contributed by atoms with Crippen molar-refractivity contribution in [2.45, 2.75) is 52.6 Å². The molecule has 5 nitrogen and oxygen atoms in total. The molecule has 0 saturated heterocycles. The van der Waals surface area contributed by atoms with Gasteiger partial charge in [0.05, 0.1) is 0 Å². The molecule has 3 N–H and O–H groups in total. The van der Waals surface area contributed by atoms with Crippen LogP contribution in [0, 0.1) is 10.4 Å². The topological polar surface area (TPSA) is 67.0 Å². The molecule has 0 spiro atoms. The predicted octanol–water partition coefficient (Wildman–Crippen LogP) is -1.23. The highest BCUT2D eigenvalue weighted by Crippen LogP contribution is 1.88. The van der Waals surface area contributed by atoms with Crippen LogP contribution in [0.5, 0.6) is 0 Å². The van der Waals surface area contributed by atoms with Gasteiger partial charge in [-0.15, -0.1) is 0 Å². The van der Waals surface area contributed by atoms with Crippen LogP contribution in [-0.4, -0.2) is 12.1 Å². The summed E-state index contributed by atoms with van der Waals surface area (Å²) >= 11 is 0. The van der Waals surface area contributed by atoms with Crippen LogP contribution in [0.3, 0.4) is 0 Å². The average Bonchev–Trinajstić information content (AvgIpc) is 2.04. The number of hydrogen-bond acceptors (Lipinski definition) is 3. The van der Waals surface area contributed by atoms with E-state index < -0.39 is 0 Å². The van der Waals surface area contributed by atoms with E-state index in [0.717, 1.165) is 12.8 Å². The van der Waals surface area contributed by atoms with Crippen molar-refractivity contribution in [2.24, 2.45) is 0 Å². The van der Waals surface area contributed by atoms with Gasteiger partial charge >= 0.3 is 0 Å². The Balaban J connectivity index is 3.77. The van der Waals surface area contributed by atoms with E-state index in [-0.39, 0.29) is 22.4 Å². The standard InChI is InChI=1S/C8H21N3O2/c1-5-6-8(4)11(13)9-10(12)7(2)3/h7-11H,5-6H2,1-4H3. The minimum Gasteiger partial charge on any atom is -0.609 e. The smallest absolute Gasteiger partial charge is 0.106 e. The fraction of sp³-hybridized carbons (Fsp3) is 1.00. The second kappa shape index (κ2) is 6.28. The zero-order valence-electron chi connectivity index (χ0n) is 8.89. The summed E-state index contributed by atoms with van der Waals surface area (Å²) in [6.07, 6.45) is 1.79. The van der Waals surface area contributed by atoms with Crippen molar-refractivity contribution in [1.82, 2.24) is 5.53 Å². The highest BCUT2D eigenvalue weighted by molar-refractivity contribution is 4.43. The van der Waals surface area contributed by atoms with Gasteiger partial charge < -0.3 is 10.4 Å². The van der Waals surface area contributed by atoms with Gasteiger partial charge in [-0.25, -0.2) is 10.3 Å². The van der Waals surface area contributed by atoms with Crippen molar-refractivity contribution in [3.8, 4) is 0 Å². The Morgan fingerprint density at radius 1 is 1.15 bits per heavy atom. The summed E-state index contributed by atoms with van der Waals surface area (Å²) < 4.78 is 0. The molecule has 0 aromatic heterocycles. The lowest BCUT2D eigenvalue weighted by molar-refractivity contribution is -1.13. The van der Waals surface area contributed by atoms with Crippen molar-refractivity contribution in [3.05, 3.63) is 10.4 Å². The highest BCUT2D eigenvalue weighted by atomic mass is 16.6. The third kappa shape index (κ3) is 5.17. The molecule has 0 amide bonds. The minimum absolute atomic E-state index is 0.0623. The number of hydroxylamine groups is 2. The first-order chi connectivity index (χ1) is 5.99. The Hall–Kier alpha value is -0.200. The molecule has 0 rings (SSSR count). The fourth-order valence-electron chi connectivity index (χ4n) is 0.953. The minimum atomic E-state index is -0.187. The van der Waals surface area contributed by atoms with E-state index in [1.54, 1.807) is 13.8 Å². The Kier molecular flexibility index (Phi) is 6.19. The van der Waals surface area contributed by atoms with Crippen molar-refractivity contribution >= 4 is 0 Å². The molecule has 3 atom stereocenters. The van der Waals surface area contributed by atoms with Crippen LogP contribution in [0.4, 0.5) is 0 Å². The van der Waals surface area contributed by atoms with Crippen molar-refractivity contribution in [2.75, 3.05) is 0 Å². The number of quaternary nitrogens is 2. The van der Waals surface area contributed by atoms with Crippen LogP contribution in [0.2, 0.25) is 0 Å². The first-order valence-corrected chi connectivity index (χ1v) is 4.83. The third-order valence-electron chi connectivity index (χ3n) is 1.94. The molecule has 0 radical (unpaired) electrons. The molecule has 0 aromatic carbocycles. The van der Waals surface area contributed by atoms with Gasteiger partial charge in [0.2, 0.25) is 0 Å². The summed E-state index contributed by atoms with van der Waals surface area (Å²) in [5, 5.41) is 22.1. The van der Waals surface area contributed by atoms with E-state index in [2.05, 4.69) is 5.53 Å². The molecule has 80 valence electrons. The first-order valence-electron chi connectivity index (χ1n) is 4.83. The van der Waals surface area contributed by atoms with Gasteiger partial charge in [0.15, 0.2) is 0 Å². The van der Waals surface area contributed by atoms with E-state index in [9.17, 15) is 10.4 Å². The van der Waals surface area contributed by atoms with Crippen LogP contribution in [0.1, 0.15) is 40.5 Å². The van der Waals surface area contributed by atoms with E-state index in [4.69, 9.17) is 0 Å². The zero-order chi connectivity index (χ0) is 10.4. The van der Waals surface area contributed by atoms with Crippen LogP contribution < -0.4 is 15.9 Å². The third-order valence-corrected chi connectivity index (χ3v) is 1.94. The quantitative estimate of drug-likeness (QED) is 0.460. The maximum Gasteiger partial charge on any atom is 0.106 e. The number of nitrogens with one attached hydrogen (secondary N) is 3. The summed E-state index contributed by atoms with van der Waals surface area (Å²) in [4.78, 5) is 0. The molecule has 0 aliphatic rings. The molecule has 0 saturated carbocycles. The number of hydrogen-bond donors (Lipinski definition) is 3. The Morgan fingerprint density at radius 3 is 2.08 bits per heavy atom. The van der Waals surface area contributed by atoms with Gasteiger partial charge in [-0.3, -0.25) is 0 Å². The second-order valence-corrected chi connectivity index (χ2v) is 3.70. The van der Waals surface area contributed by atoms with Crippen LogP contribution in [-0.2, 0) is 0 Å². The lowest BCUT2D eigenvalue weighted by Crippen LogP contribution is -3.38. The molecule has 0 aromatic rings. The van der Waals surface area contributed by atoms with Gasteiger partial charge in [-0.05, 0) is 26.3 Å². The zero-order valence-corrected chi connectivity index (χ0v) is 8.89. The largest absolute Gasteiger partial charge is 0.609 e. The molecule has 0 fully saturated rings. The molecule has 0 aliphatic heterocycles. The maximum atomic E-state index is 11.3. The maximum absolute atomic E-state index is 11.3. The fourth-order valence-corrected chi connectivity index (χ4v) is 0.953. The highest BCUT2D eigenvalue weighted by Gasteiger charge is 2.12. The van der Waals surface area contributed by atoms with Gasteiger partial charge in [-0.2, -0.15) is 0 Å². The lowest BCUT2D eigenvalue weighted by Gasteiger charge is -2.34. The second-order valence-electron chi connectivity index (χ2n) is 3.70. The summed E-state index contributed by atoms with van der Waals surface area (Å²) in [6, 6.07) is -0.189. The number of rotatable bonds is 6. The van der Waals surface area contributed by atoms with Gasteiger partial charge in [0.25, 0.3) is 0 Å². The molecule has 5 heteroatoms. The van der Waals surface area contributed by atoms with Crippen LogP contribution in [0.25, 0.3) is 0 Å². The summed E-state index contributed by atoms with van der Waals surface area (Å²) in [6.45, 7) is 7.40. The van der Waals surface area contributed by atoms with E-state index in [1.807, 2.05) is 13.8 Å². The molecule has 13 heavy (non-hydrogen) atoms.